The average Bonchev–Trinajstić information content (AvgIpc) is 3.56. The quantitative estimate of drug-likeness (QED) is 0.180. The van der Waals surface area contributed by atoms with Crippen LogP contribution in [0.5, 0.6) is 0 Å². The third-order valence-corrected chi connectivity index (χ3v) is 12.8. The van der Waals surface area contributed by atoms with Gasteiger partial charge in [-0.05, 0) is 93.6 Å². The Hall–Kier alpha value is -4.82. The Bertz CT molecular complexity index is 2230. The highest BCUT2D eigenvalue weighted by Gasteiger charge is 2.36. The molecule has 2 amide bonds. The summed E-state index contributed by atoms with van der Waals surface area (Å²) in [5.74, 6) is -0.918. The Balaban J connectivity index is 1.39. The first-order valence-corrected chi connectivity index (χ1v) is 22.1. The first-order valence-electron chi connectivity index (χ1n) is 22.1. The van der Waals surface area contributed by atoms with E-state index in [1.54, 1.807) is 14.2 Å². The number of hydrogen-bond acceptors (Lipinski definition) is 10. The van der Waals surface area contributed by atoms with Crippen molar-refractivity contribution < 1.29 is 23.9 Å². The Morgan fingerprint density at radius 3 is 2.49 bits per heavy atom. The second-order valence-corrected chi connectivity index (χ2v) is 18.3. The summed E-state index contributed by atoms with van der Waals surface area (Å²) >= 11 is 0. The third-order valence-electron chi connectivity index (χ3n) is 12.8. The van der Waals surface area contributed by atoms with Crippen LogP contribution in [0.15, 0.2) is 54.7 Å². The van der Waals surface area contributed by atoms with Crippen LogP contribution >= 0.6 is 0 Å². The molecule has 4 atom stereocenters. The van der Waals surface area contributed by atoms with E-state index in [4.69, 9.17) is 14.5 Å². The van der Waals surface area contributed by atoms with E-state index in [-0.39, 0.29) is 36.9 Å². The van der Waals surface area contributed by atoms with Crippen molar-refractivity contribution in [2.45, 2.75) is 98.0 Å². The molecule has 328 valence electrons. The number of piperazine rings is 1. The Morgan fingerprint density at radius 2 is 1.79 bits per heavy atom. The first-order chi connectivity index (χ1) is 29.2. The van der Waals surface area contributed by atoms with Crippen LogP contribution in [0.1, 0.15) is 77.3 Å². The van der Waals surface area contributed by atoms with E-state index in [2.05, 4.69) is 102 Å². The number of carbonyl (C=O) groups excluding carboxylic acids is 3. The molecule has 61 heavy (non-hydrogen) atoms. The van der Waals surface area contributed by atoms with Crippen LogP contribution < -0.4 is 21.0 Å². The molecule has 2 aromatic carbocycles. The molecule has 1 unspecified atom stereocenters. The van der Waals surface area contributed by atoms with Gasteiger partial charge in [-0.3, -0.25) is 24.4 Å². The summed E-state index contributed by atoms with van der Waals surface area (Å²) in [7, 11) is 5.65. The number of hydrazine groups is 1. The number of aryl methyl sites for hydroxylation is 1. The topological polar surface area (TPSA) is 133 Å². The number of nitrogens with one attached hydrogen (secondary N) is 3. The summed E-state index contributed by atoms with van der Waals surface area (Å²) in [6, 6.07) is 15.2. The lowest BCUT2D eigenvalue weighted by Crippen LogP contribution is -2.61. The Morgan fingerprint density at radius 1 is 1.03 bits per heavy atom. The number of ether oxygens (including phenoxy) is 2. The predicted octanol–water partition coefficient (Wildman–Crippen LogP) is 5.74. The van der Waals surface area contributed by atoms with Gasteiger partial charge in [0, 0.05) is 74.7 Å². The minimum Gasteiger partial charge on any atom is -0.464 e. The molecule has 0 radical (unpaired) electrons. The number of rotatable bonds is 9. The van der Waals surface area contributed by atoms with Gasteiger partial charge in [0.15, 0.2) is 0 Å². The van der Waals surface area contributed by atoms with Crippen molar-refractivity contribution >= 4 is 34.4 Å². The van der Waals surface area contributed by atoms with Crippen molar-refractivity contribution in [2.75, 3.05) is 65.4 Å². The van der Waals surface area contributed by atoms with Crippen molar-refractivity contribution in [2.24, 2.45) is 11.3 Å². The highest BCUT2D eigenvalue weighted by Crippen LogP contribution is 2.43. The van der Waals surface area contributed by atoms with Crippen LogP contribution in [-0.4, -0.2) is 116 Å². The standard InChI is InChI=1S/C48H66N8O5/c1-10-55-41-17-16-34-25-36(41)38(44(55)37-26-35(28-50-43(37)31(4)60-9)54-21-19-53(8)20-22-54)27-48(5,6)29-61-47(59)39-15-12-18-56(52-39)46(58)40(24-32-13-11-14-33(34)23-32)51-45(57)42(49-7)30(2)3/h11,13-14,16-17,23,25-26,28,30-31,39-40,42,49,52H,10,12,15,18-22,24,27,29H2,1-9H3,(H,51,57)/t31-,39-,40?,42-/m0/s1. The van der Waals surface area contributed by atoms with E-state index in [1.165, 1.54) is 10.6 Å². The number of cyclic esters (lactones) is 1. The number of hydrogen-bond donors (Lipinski definition) is 3. The lowest BCUT2D eigenvalue weighted by molar-refractivity contribution is -0.155. The molecular formula is C48H66N8O5. The van der Waals surface area contributed by atoms with Crippen LogP contribution in [0.2, 0.25) is 0 Å². The molecule has 4 aromatic rings. The maximum atomic E-state index is 14.4. The van der Waals surface area contributed by atoms with Crippen molar-refractivity contribution in [1.29, 1.82) is 0 Å². The molecule has 5 heterocycles. The summed E-state index contributed by atoms with van der Waals surface area (Å²) in [6.45, 7) is 17.6. The fraction of sp³-hybridized carbons (Fsp3) is 0.542. The first kappa shape index (κ1) is 44.2. The monoisotopic (exact) mass is 835 g/mol. The maximum Gasteiger partial charge on any atom is 0.324 e. The molecule has 13 nitrogen and oxygen atoms in total. The van der Waals surface area contributed by atoms with Crippen LogP contribution in [0.25, 0.3) is 33.3 Å². The highest BCUT2D eigenvalue weighted by molar-refractivity contribution is 5.96. The van der Waals surface area contributed by atoms with Gasteiger partial charge in [0.1, 0.15) is 12.1 Å². The Labute approximate surface area is 361 Å². The average molecular weight is 835 g/mol. The summed E-state index contributed by atoms with van der Waals surface area (Å²) in [5.41, 5.74) is 12.1. The summed E-state index contributed by atoms with van der Waals surface area (Å²) in [6.07, 6.45) is 3.79. The number of esters is 1. The maximum absolute atomic E-state index is 14.4. The molecular weight excluding hydrogens is 769 g/mol. The van der Waals surface area contributed by atoms with Crippen LogP contribution in [0.3, 0.4) is 0 Å². The third kappa shape index (κ3) is 9.50. The van der Waals surface area contributed by atoms with Crippen molar-refractivity contribution in [3.8, 4) is 22.4 Å². The zero-order valence-corrected chi connectivity index (χ0v) is 37.6. The number of anilines is 1. The van der Waals surface area contributed by atoms with Gasteiger partial charge in [0.05, 0.1) is 42.0 Å². The van der Waals surface area contributed by atoms with Gasteiger partial charge in [-0.25, -0.2) is 5.43 Å². The SMILES string of the molecule is CCn1c(-c2cc(N3CCN(C)CC3)cnc2[C@H](C)OC)c2c3cc(ccc31)-c1cccc(c1)CC(NC(=O)[C@@H](NC)C(C)C)C(=O)N1CCC[C@H](N1)C(=O)OCC(C)(C)C2. The number of carbonyl (C=O) groups is 3. The molecule has 0 saturated carbocycles. The van der Waals surface area contributed by atoms with Gasteiger partial charge in [-0.2, -0.15) is 0 Å². The number of methoxy groups -OCH3 is 1. The van der Waals surface area contributed by atoms with Crippen molar-refractivity contribution in [3.05, 3.63) is 71.5 Å². The fourth-order valence-corrected chi connectivity index (χ4v) is 9.29. The molecule has 6 bridgehead atoms. The van der Waals surface area contributed by atoms with Crippen molar-refractivity contribution in [3.63, 3.8) is 0 Å². The van der Waals surface area contributed by atoms with Gasteiger partial charge in [0.25, 0.3) is 5.91 Å². The lowest BCUT2D eigenvalue weighted by atomic mass is 9.84. The van der Waals surface area contributed by atoms with Crippen molar-refractivity contribution in [1.82, 2.24) is 35.5 Å². The van der Waals surface area contributed by atoms with E-state index in [0.29, 0.717) is 25.8 Å². The number of nitrogens with zero attached hydrogens (tertiary/aromatic N) is 5. The summed E-state index contributed by atoms with van der Waals surface area (Å²) in [4.78, 5) is 51.8. The lowest BCUT2D eigenvalue weighted by Gasteiger charge is -2.36. The van der Waals surface area contributed by atoms with E-state index in [0.717, 1.165) is 83.0 Å². The van der Waals surface area contributed by atoms with E-state index >= 15 is 0 Å². The number of likely N-dealkylation sites (N-methyl/N-ethyl adjacent to an activating group) is 2. The zero-order valence-electron chi connectivity index (χ0n) is 37.6. The molecule has 7 rings (SSSR count). The van der Waals surface area contributed by atoms with Gasteiger partial charge in [-0.15, -0.1) is 0 Å². The summed E-state index contributed by atoms with van der Waals surface area (Å²) in [5, 5.41) is 8.82. The predicted molar refractivity (Wildman–Crippen MR) is 241 cm³/mol. The number of benzene rings is 2. The van der Waals surface area contributed by atoms with E-state index in [1.807, 2.05) is 32.2 Å². The number of aromatic nitrogens is 2. The van der Waals surface area contributed by atoms with Gasteiger partial charge < -0.3 is 34.5 Å². The Kier molecular flexibility index (Phi) is 13.5. The largest absolute Gasteiger partial charge is 0.464 e. The van der Waals surface area contributed by atoms with Gasteiger partial charge in [0.2, 0.25) is 5.91 Å². The molecule has 3 aliphatic heterocycles. The smallest absolute Gasteiger partial charge is 0.324 e. The number of amides is 2. The minimum absolute atomic E-state index is 0.00850. The molecule has 0 aliphatic carbocycles. The molecule has 0 spiro atoms. The molecule has 2 aromatic heterocycles. The fourth-order valence-electron chi connectivity index (χ4n) is 9.29. The number of pyridine rings is 1. The summed E-state index contributed by atoms with van der Waals surface area (Å²) < 4.78 is 14.6. The molecule has 3 N–H and O–H groups in total. The van der Waals surface area contributed by atoms with Crippen LogP contribution in [0, 0.1) is 11.3 Å². The normalized spacial score (nSPS) is 21.3. The second-order valence-electron chi connectivity index (χ2n) is 18.3. The molecule has 2 fully saturated rings. The van der Waals surface area contributed by atoms with E-state index < -0.39 is 29.5 Å². The number of fused-ring (bicyclic) bond motifs is 6. The highest BCUT2D eigenvalue weighted by atomic mass is 16.5. The molecule has 2 saturated heterocycles. The molecule has 13 heteroatoms. The second kappa shape index (κ2) is 18.7. The zero-order chi connectivity index (χ0) is 43.6. The minimum atomic E-state index is -0.869. The van der Waals surface area contributed by atoms with Crippen LogP contribution in [-0.2, 0) is 43.2 Å². The molecule has 3 aliphatic rings. The van der Waals surface area contributed by atoms with E-state index in [9.17, 15) is 14.4 Å². The van der Waals surface area contributed by atoms with Gasteiger partial charge in [-0.1, -0.05) is 58.0 Å². The van der Waals surface area contributed by atoms with Crippen LogP contribution in [0.4, 0.5) is 5.69 Å². The van der Waals surface area contributed by atoms with Gasteiger partial charge >= 0.3 is 5.97 Å².